The zero-order valence-electron chi connectivity index (χ0n) is 12.6. The van der Waals surface area contributed by atoms with Crippen LogP contribution in [0.25, 0.3) is 0 Å². The van der Waals surface area contributed by atoms with Gasteiger partial charge < -0.3 is 14.4 Å². The van der Waals surface area contributed by atoms with Gasteiger partial charge in [-0.2, -0.15) is 0 Å². The van der Waals surface area contributed by atoms with Crippen molar-refractivity contribution in [3.05, 3.63) is 29.8 Å². The number of hydrogen-bond donors (Lipinski definition) is 0. The third-order valence-electron chi connectivity index (χ3n) is 3.06. The first-order valence-corrected chi connectivity index (χ1v) is 7.70. The molecule has 0 aromatic heterocycles. The number of carbonyl (C=O) groups is 1. The fourth-order valence-corrected chi connectivity index (χ4v) is 2.70. The Morgan fingerprint density at radius 2 is 1.70 bits per heavy atom. The molecule has 0 aliphatic carbocycles. The first-order valence-electron chi connectivity index (χ1n) is 6.72. The SMILES string of the molecule is CCN(CC)C(=O)CSc1ccc(C(OC)OC)cc1. The number of hydrogen-bond acceptors (Lipinski definition) is 4. The van der Waals surface area contributed by atoms with Crippen molar-refractivity contribution in [3.8, 4) is 0 Å². The molecule has 20 heavy (non-hydrogen) atoms. The van der Waals surface area contributed by atoms with Crippen molar-refractivity contribution in [2.24, 2.45) is 0 Å². The van der Waals surface area contributed by atoms with Gasteiger partial charge in [0.15, 0.2) is 6.29 Å². The number of methoxy groups -OCH3 is 2. The van der Waals surface area contributed by atoms with Crippen LogP contribution in [0.15, 0.2) is 29.2 Å². The van der Waals surface area contributed by atoms with Crippen LogP contribution in [0.5, 0.6) is 0 Å². The van der Waals surface area contributed by atoms with Gasteiger partial charge in [0.1, 0.15) is 0 Å². The summed E-state index contributed by atoms with van der Waals surface area (Å²) in [6, 6.07) is 7.89. The first kappa shape index (κ1) is 17.0. The van der Waals surface area contributed by atoms with Gasteiger partial charge in [0, 0.05) is 37.8 Å². The summed E-state index contributed by atoms with van der Waals surface area (Å²) in [6.45, 7) is 5.52. The molecule has 0 N–H and O–H groups in total. The number of nitrogens with zero attached hydrogens (tertiary/aromatic N) is 1. The average Bonchev–Trinajstić information content (AvgIpc) is 2.49. The van der Waals surface area contributed by atoms with E-state index in [2.05, 4.69) is 0 Å². The molecule has 0 bridgehead atoms. The summed E-state index contributed by atoms with van der Waals surface area (Å²) in [5.41, 5.74) is 0.967. The second kappa shape index (κ2) is 9.00. The zero-order valence-corrected chi connectivity index (χ0v) is 13.4. The van der Waals surface area contributed by atoms with Gasteiger partial charge in [-0.05, 0) is 26.0 Å². The average molecular weight is 297 g/mol. The predicted molar refractivity (Wildman–Crippen MR) is 81.9 cm³/mol. The lowest BCUT2D eigenvalue weighted by Gasteiger charge is -2.18. The molecule has 0 fully saturated rings. The summed E-state index contributed by atoms with van der Waals surface area (Å²) in [6.07, 6.45) is -0.341. The summed E-state index contributed by atoms with van der Waals surface area (Å²) in [5, 5.41) is 0. The molecular formula is C15H23NO3S. The lowest BCUT2D eigenvalue weighted by atomic mass is 10.2. The number of amides is 1. The van der Waals surface area contributed by atoms with Crippen LogP contribution in [-0.4, -0.2) is 43.9 Å². The van der Waals surface area contributed by atoms with Crippen LogP contribution < -0.4 is 0 Å². The van der Waals surface area contributed by atoms with Crippen LogP contribution >= 0.6 is 11.8 Å². The van der Waals surface area contributed by atoms with Crippen molar-refractivity contribution in [2.45, 2.75) is 25.0 Å². The number of thioether (sulfide) groups is 1. The first-order chi connectivity index (χ1) is 9.65. The van der Waals surface area contributed by atoms with E-state index in [4.69, 9.17) is 9.47 Å². The van der Waals surface area contributed by atoms with E-state index < -0.39 is 0 Å². The normalized spacial score (nSPS) is 10.8. The minimum atomic E-state index is -0.341. The molecule has 1 amide bonds. The van der Waals surface area contributed by atoms with Gasteiger partial charge in [0.05, 0.1) is 5.75 Å². The quantitative estimate of drug-likeness (QED) is 0.546. The number of ether oxygens (including phenoxy) is 2. The van der Waals surface area contributed by atoms with E-state index in [-0.39, 0.29) is 12.2 Å². The Balaban J connectivity index is 2.55. The van der Waals surface area contributed by atoms with Gasteiger partial charge in [0.2, 0.25) is 5.91 Å². The Labute approximate surface area is 125 Å². The van der Waals surface area contributed by atoms with E-state index in [0.717, 1.165) is 23.5 Å². The fourth-order valence-electron chi connectivity index (χ4n) is 1.90. The van der Waals surface area contributed by atoms with E-state index in [9.17, 15) is 4.79 Å². The van der Waals surface area contributed by atoms with Crippen LogP contribution in [0, 0.1) is 0 Å². The smallest absolute Gasteiger partial charge is 0.232 e. The second-order valence-corrected chi connectivity index (χ2v) is 5.28. The maximum atomic E-state index is 11.9. The fraction of sp³-hybridized carbons (Fsp3) is 0.533. The third kappa shape index (κ3) is 4.81. The molecule has 0 atom stereocenters. The summed E-state index contributed by atoms with van der Waals surface area (Å²) in [4.78, 5) is 14.8. The molecule has 0 radical (unpaired) electrons. The summed E-state index contributed by atoms with van der Waals surface area (Å²) >= 11 is 1.55. The van der Waals surface area contributed by atoms with Gasteiger partial charge >= 0.3 is 0 Å². The van der Waals surface area contributed by atoms with Gasteiger partial charge in [-0.15, -0.1) is 11.8 Å². The van der Waals surface area contributed by atoms with Crippen molar-refractivity contribution in [1.29, 1.82) is 0 Å². The highest BCUT2D eigenvalue weighted by Gasteiger charge is 2.11. The lowest BCUT2D eigenvalue weighted by Crippen LogP contribution is -2.31. The van der Waals surface area contributed by atoms with E-state index in [1.807, 2.05) is 43.0 Å². The Kier molecular flexibility index (Phi) is 7.65. The Morgan fingerprint density at radius 1 is 1.15 bits per heavy atom. The standard InChI is InChI=1S/C15H23NO3S/c1-5-16(6-2)14(17)11-20-13-9-7-12(8-10-13)15(18-3)19-4/h7-10,15H,5-6,11H2,1-4H3. The number of rotatable bonds is 8. The van der Waals surface area contributed by atoms with Crippen molar-refractivity contribution >= 4 is 17.7 Å². The molecule has 1 aromatic rings. The minimum absolute atomic E-state index is 0.177. The third-order valence-corrected chi connectivity index (χ3v) is 4.06. The summed E-state index contributed by atoms with van der Waals surface area (Å²) < 4.78 is 10.4. The van der Waals surface area contributed by atoms with Crippen LogP contribution in [0.3, 0.4) is 0 Å². The highest BCUT2D eigenvalue weighted by molar-refractivity contribution is 8.00. The van der Waals surface area contributed by atoms with Crippen molar-refractivity contribution in [3.63, 3.8) is 0 Å². The molecule has 1 rings (SSSR count). The molecule has 1 aromatic carbocycles. The molecule has 0 saturated carbocycles. The van der Waals surface area contributed by atoms with Crippen molar-refractivity contribution < 1.29 is 14.3 Å². The minimum Gasteiger partial charge on any atom is -0.352 e. The van der Waals surface area contributed by atoms with Crippen LogP contribution in [0.2, 0.25) is 0 Å². The van der Waals surface area contributed by atoms with Crippen LogP contribution in [0.1, 0.15) is 25.7 Å². The maximum absolute atomic E-state index is 11.9. The maximum Gasteiger partial charge on any atom is 0.232 e. The van der Waals surface area contributed by atoms with E-state index in [1.165, 1.54) is 0 Å². The molecule has 0 saturated heterocycles. The molecule has 0 unspecified atom stereocenters. The van der Waals surface area contributed by atoms with E-state index in [0.29, 0.717) is 5.75 Å². The van der Waals surface area contributed by atoms with Crippen LogP contribution in [-0.2, 0) is 14.3 Å². The van der Waals surface area contributed by atoms with Gasteiger partial charge in [-0.25, -0.2) is 0 Å². The number of benzene rings is 1. The molecule has 0 aliphatic heterocycles. The van der Waals surface area contributed by atoms with Crippen molar-refractivity contribution in [2.75, 3.05) is 33.1 Å². The zero-order chi connectivity index (χ0) is 15.0. The monoisotopic (exact) mass is 297 g/mol. The second-order valence-electron chi connectivity index (χ2n) is 4.23. The Bertz CT molecular complexity index is 400. The predicted octanol–water partition coefficient (Wildman–Crippen LogP) is 2.94. The van der Waals surface area contributed by atoms with Crippen LogP contribution in [0.4, 0.5) is 0 Å². The largest absolute Gasteiger partial charge is 0.352 e. The van der Waals surface area contributed by atoms with E-state index in [1.54, 1.807) is 26.0 Å². The van der Waals surface area contributed by atoms with Gasteiger partial charge in [-0.3, -0.25) is 4.79 Å². The van der Waals surface area contributed by atoms with Gasteiger partial charge in [0.25, 0.3) is 0 Å². The summed E-state index contributed by atoms with van der Waals surface area (Å²) in [7, 11) is 3.22. The van der Waals surface area contributed by atoms with E-state index >= 15 is 0 Å². The molecule has 0 spiro atoms. The Morgan fingerprint density at radius 3 is 2.15 bits per heavy atom. The molecule has 112 valence electrons. The molecule has 4 nitrogen and oxygen atoms in total. The topological polar surface area (TPSA) is 38.8 Å². The van der Waals surface area contributed by atoms with Gasteiger partial charge in [-0.1, -0.05) is 12.1 Å². The molecule has 0 heterocycles. The molecule has 0 aliphatic rings. The highest BCUT2D eigenvalue weighted by Crippen LogP contribution is 2.23. The molecular weight excluding hydrogens is 274 g/mol. The summed E-state index contributed by atoms with van der Waals surface area (Å²) in [5.74, 6) is 0.648. The lowest BCUT2D eigenvalue weighted by molar-refractivity contribution is -0.127. The highest BCUT2D eigenvalue weighted by atomic mass is 32.2. The number of carbonyl (C=O) groups excluding carboxylic acids is 1. The Hall–Kier alpha value is -1.04. The molecule has 5 heteroatoms. The van der Waals surface area contributed by atoms with Crippen molar-refractivity contribution in [1.82, 2.24) is 4.90 Å².